The third-order valence-corrected chi connectivity index (χ3v) is 4.65. The van der Waals surface area contributed by atoms with Crippen LogP contribution >= 0.6 is 15.9 Å². The van der Waals surface area contributed by atoms with E-state index in [1.54, 1.807) is 12.1 Å². The number of hydrogen-bond donors (Lipinski definition) is 0. The summed E-state index contributed by atoms with van der Waals surface area (Å²) >= 11 is 3.37. The standard InChI is InChI=1S/C21H15BrF2N2O5/c1-27-18-10-12(2-8-16(18)30-21(23)24)19-25-26-20(31-19)17-9-7-15(29-17)11-28-14-5-3-13(22)4-6-14/h2-10,21H,11H2,1H3. The molecule has 0 saturated carbocycles. The van der Waals surface area contributed by atoms with Gasteiger partial charge in [-0.15, -0.1) is 10.2 Å². The van der Waals surface area contributed by atoms with Crippen LogP contribution in [0.25, 0.3) is 23.1 Å². The number of methoxy groups -OCH3 is 1. The van der Waals surface area contributed by atoms with Gasteiger partial charge in [0.15, 0.2) is 17.3 Å². The zero-order valence-electron chi connectivity index (χ0n) is 16.1. The summed E-state index contributed by atoms with van der Waals surface area (Å²) in [5, 5.41) is 7.96. The molecule has 0 radical (unpaired) electrons. The first-order valence-corrected chi connectivity index (χ1v) is 9.75. The fraction of sp³-hybridized carbons (Fsp3) is 0.143. The Morgan fingerprint density at radius 1 is 0.935 bits per heavy atom. The highest BCUT2D eigenvalue weighted by Crippen LogP contribution is 2.34. The first-order chi connectivity index (χ1) is 15.0. The van der Waals surface area contributed by atoms with Crippen LogP contribution in [-0.2, 0) is 6.61 Å². The summed E-state index contributed by atoms with van der Waals surface area (Å²) in [4.78, 5) is 0. The van der Waals surface area contributed by atoms with E-state index in [1.165, 1.54) is 25.3 Å². The maximum atomic E-state index is 12.5. The highest BCUT2D eigenvalue weighted by atomic mass is 79.9. The van der Waals surface area contributed by atoms with E-state index in [0.29, 0.717) is 22.8 Å². The maximum absolute atomic E-state index is 12.5. The SMILES string of the molecule is COc1cc(-c2nnc(-c3ccc(COc4ccc(Br)cc4)o3)o2)ccc1OC(F)F. The summed E-state index contributed by atoms with van der Waals surface area (Å²) in [5.41, 5.74) is 0.475. The van der Waals surface area contributed by atoms with Gasteiger partial charge in [0.05, 0.1) is 7.11 Å². The molecule has 0 saturated heterocycles. The van der Waals surface area contributed by atoms with E-state index in [4.69, 9.17) is 18.3 Å². The molecule has 4 aromatic rings. The van der Waals surface area contributed by atoms with E-state index in [9.17, 15) is 8.78 Å². The minimum absolute atomic E-state index is 0.0950. The molecule has 10 heteroatoms. The van der Waals surface area contributed by atoms with Crippen molar-refractivity contribution in [2.45, 2.75) is 13.2 Å². The average molecular weight is 493 g/mol. The summed E-state index contributed by atoms with van der Waals surface area (Å²) in [6.45, 7) is -2.73. The minimum Gasteiger partial charge on any atom is -0.493 e. The van der Waals surface area contributed by atoms with E-state index in [1.807, 2.05) is 24.3 Å². The normalized spacial score (nSPS) is 11.0. The van der Waals surface area contributed by atoms with Crippen molar-refractivity contribution in [1.29, 1.82) is 0 Å². The average Bonchev–Trinajstić information content (AvgIpc) is 3.43. The van der Waals surface area contributed by atoms with Crippen LogP contribution in [0.1, 0.15) is 5.76 Å². The highest BCUT2D eigenvalue weighted by molar-refractivity contribution is 9.10. The fourth-order valence-corrected chi connectivity index (χ4v) is 2.95. The molecular weight excluding hydrogens is 478 g/mol. The topological polar surface area (TPSA) is 79.8 Å². The van der Waals surface area contributed by atoms with Crippen LogP contribution in [0.15, 0.2) is 67.9 Å². The molecule has 0 unspecified atom stereocenters. The van der Waals surface area contributed by atoms with Crippen molar-refractivity contribution in [3.63, 3.8) is 0 Å². The van der Waals surface area contributed by atoms with Crippen LogP contribution in [-0.4, -0.2) is 23.9 Å². The third kappa shape index (κ3) is 5.02. The Balaban J connectivity index is 1.47. The second-order valence-electron chi connectivity index (χ2n) is 6.17. The number of aromatic nitrogens is 2. The Hall–Kier alpha value is -3.40. The molecule has 0 fully saturated rings. The first kappa shape index (κ1) is 20.9. The van der Waals surface area contributed by atoms with E-state index in [0.717, 1.165) is 4.47 Å². The summed E-state index contributed by atoms with van der Waals surface area (Å²) in [5.74, 6) is 2.00. The minimum atomic E-state index is -2.96. The maximum Gasteiger partial charge on any atom is 0.387 e. The molecule has 0 aliphatic carbocycles. The number of alkyl halides is 2. The van der Waals surface area contributed by atoms with Gasteiger partial charge in [0, 0.05) is 10.0 Å². The van der Waals surface area contributed by atoms with Gasteiger partial charge in [-0.05, 0) is 54.6 Å². The zero-order valence-corrected chi connectivity index (χ0v) is 17.6. The molecule has 7 nitrogen and oxygen atoms in total. The Bertz CT molecular complexity index is 1160. The number of benzene rings is 2. The molecule has 0 bridgehead atoms. The Morgan fingerprint density at radius 3 is 2.45 bits per heavy atom. The highest BCUT2D eigenvalue weighted by Gasteiger charge is 2.17. The lowest BCUT2D eigenvalue weighted by atomic mass is 10.2. The number of halogens is 3. The van der Waals surface area contributed by atoms with Gasteiger partial charge < -0.3 is 23.0 Å². The monoisotopic (exact) mass is 492 g/mol. The molecule has 160 valence electrons. The van der Waals surface area contributed by atoms with Crippen LogP contribution in [0.4, 0.5) is 8.78 Å². The lowest BCUT2D eigenvalue weighted by Crippen LogP contribution is -2.03. The number of ether oxygens (including phenoxy) is 3. The number of rotatable bonds is 8. The Labute approximate surface area is 183 Å². The Kier molecular flexibility index (Phi) is 6.17. The molecule has 0 aliphatic heterocycles. The first-order valence-electron chi connectivity index (χ1n) is 8.96. The Morgan fingerprint density at radius 2 is 1.71 bits per heavy atom. The summed E-state index contributed by atoms with van der Waals surface area (Å²) in [6.07, 6.45) is 0. The smallest absolute Gasteiger partial charge is 0.387 e. The van der Waals surface area contributed by atoms with Gasteiger partial charge in [0.25, 0.3) is 5.89 Å². The van der Waals surface area contributed by atoms with Crippen molar-refractivity contribution in [2.75, 3.05) is 7.11 Å². The van der Waals surface area contributed by atoms with Gasteiger partial charge in [-0.3, -0.25) is 0 Å². The van der Waals surface area contributed by atoms with Gasteiger partial charge in [-0.1, -0.05) is 15.9 Å². The molecule has 2 aromatic heterocycles. The lowest BCUT2D eigenvalue weighted by Gasteiger charge is -2.10. The van der Waals surface area contributed by atoms with Crippen LogP contribution in [0.5, 0.6) is 17.2 Å². The number of furan rings is 1. The van der Waals surface area contributed by atoms with E-state index in [-0.39, 0.29) is 29.9 Å². The van der Waals surface area contributed by atoms with Crippen molar-refractivity contribution in [1.82, 2.24) is 10.2 Å². The second-order valence-corrected chi connectivity index (χ2v) is 7.08. The van der Waals surface area contributed by atoms with Crippen molar-refractivity contribution < 1.29 is 31.8 Å². The molecular formula is C21H15BrF2N2O5. The molecule has 4 rings (SSSR count). The van der Waals surface area contributed by atoms with E-state index >= 15 is 0 Å². The summed E-state index contributed by atoms with van der Waals surface area (Å²) in [7, 11) is 1.34. The zero-order chi connectivity index (χ0) is 21.8. The second kappa shape index (κ2) is 9.17. The largest absolute Gasteiger partial charge is 0.493 e. The molecule has 0 amide bonds. The van der Waals surface area contributed by atoms with Crippen molar-refractivity contribution in [3.8, 4) is 40.4 Å². The van der Waals surface area contributed by atoms with Gasteiger partial charge in [-0.2, -0.15) is 8.78 Å². The predicted molar refractivity (Wildman–Crippen MR) is 109 cm³/mol. The quantitative estimate of drug-likeness (QED) is 0.300. The van der Waals surface area contributed by atoms with Crippen LogP contribution < -0.4 is 14.2 Å². The van der Waals surface area contributed by atoms with Gasteiger partial charge in [0.2, 0.25) is 5.89 Å². The molecule has 0 atom stereocenters. The molecule has 31 heavy (non-hydrogen) atoms. The number of nitrogens with zero attached hydrogens (tertiary/aromatic N) is 2. The predicted octanol–water partition coefficient (Wildman–Crippen LogP) is 5.95. The van der Waals surface area contributed by atoms with E-state index in [2.05, 4.69) is 30.9 Å². The van der Waals surface area contributed by atoms with E-state index < -0.39 is 6.61 Å². The molecule has 2 aromatic carbocycles. The van der Waals surface area contributed by atoms with Gasteiger partial charge in [0.1, 0.15) is 18.1 Å². The molecule has 2 heterocycles. The fourth-order valence-electron chi connectivity index (χ4n) is 2.69. The molecule has 0 aliphatic rings. The van der Waals surface area contributed by atoms with Crippen molar-refractivity contribution >= 4 is 15.9 Å². The lowest BCUT2D eigenvalue weighted by molar-refractivity contribution is -0.0512. The van der Waals surface area contributed by atoms with Crippen LogP contribution in [0.3, 0.4) is 0 Å². The van der Waals surface area contributed by atoms with Crippen molar-refractivity contribution in [2.24, 2.45) is 0 Å². The third-order valence-electron chi connectivity index (χ3n) is 4.12. The van der Waals surface area contributed by atoms with Gasteiger partial charge in [-0.25, -0.2) is 0 Å². The van der Waals surface area contributed by atoms with Gasteiger partial charge >= 0.3 is 6.61 Å². The summed E-state index contributed by atoms with van der Waals surface area (Å²) < 4.78 is 52.5. The summed E-state index contributed by atoms with van der Waals surface area (Å²) in [6, 6.07) is 15.2. The number of hydrogen-bond acceptors (Lipinski definition) is 7. The van der Waals surface area contributed by atoms with Crippen LogP contribution in [0, 0.1) is 0 Å². The molecule has 0 spiro atoms. The molecule has 0 N–H and O–H groups in total. The van der Waals surface area contributed by atoms with Crippen molar-refractivity contribution in [3.05, 3.63) is 64.8 Å². The van der Waals surface area contributed by atoms with Crippen LogP contribution in [0.2, 0.25) is 0 Å².